The highest BCUT2D eigenvalue weighted by Crippen LogP contribution is 2.37. The minimum atomic E-state index is -0.746. The predicted octanol–water partition coefficient (Wildman–Crippen LogP) is 5.27. The first kappa shape index (κ1) is 19.9. The van der Waals surface area contributed by atoms with Crippen LogP contribution in [0.2, 0.25) is 0 Å². The van der Waals surface area contributed by atoms with E-state index in [1.54, 1.807) is 54.0 Å². The van der Waals surface area contributed by atoms with Crippen molar-refractivity contribution in [2.24, 2.45) is 0 Å². The molecule has 2 aromatic carbocycles. The van der Waals surface area contributed by atoms with Crippen LogP contribution in [-0.2, 0) is 4.74 Å². The van der Waals surface area contributed by atoms with Crippen molar-refractivity contribution in [3.05, 3.63) is 62.7 Å². The molecule has 28 heavy (non-hydrogen) atoms. The number of carbonyl (C=O) groups is 1. The molecule has 0 atom stereocenters. The van der Waals surface area contributed by atoms with Crippen LogP contribution >= 0.6 is 15.9 Å². The van der Waals surface area contributed by atoms with Gasteiger partial charge in [-0.1, -0.05) is 15.9 Å². The van der Waals surface area contributed by atoms with E-state index in [0.29, 0.717) is 26.8 Å². The van der Waals surface area contributed by atoms with Gasteiger partial charge in [0, 0.05) is 10.2 Å². The zero-order valence-electron chi connectivity index (χ0n) is 15.6. The van der Waals surface area contributed by atoms with Gasteiger partial charge >= 0.3 is 11.7 Å². The highest BCUT2D eigenvalue weighted by atomic mass is 79.9. The number of carbonyl (C=O) groups excluding carboxylic acids is 1. The molecule has 0 bridgehead atoms. The van der Waals surface area contributed by atoms with E-state index in [1.165, 1.54) is 0 Å². The fourth-order valence-electron chi connectivity index (χ4n) is 3.03. The van der Waals surface area contributed by atoms with Crippen LogP contribution in [-0.4, -0.2) is 28.2 Å². The number of nitro groups is 1. The minimum absolute atomic E-state index is 0.0202. The van der Waals surface area contributed by atoms with Crippen molar-refractivity contribution in [1.29, 1.82) is 0 Å². The van der Waals surface area contributed by atoms with Gasteiger partial charge in [-0.15, -0.1) is 0 Å². The molecule has 0 fully saturated rings. The summed E-state index contributed by atoms with van der Waals surface area (Å²) in [6, 6.07) is 12.2. The van der Waals surface area contributed by atoms with Crippen LogP contribution in [0.25, 0.3) is 16.6 Å². The molecule has 0 aliphatic carbocycles. The Labute approximate surface area is 170 Å². The molecule has 0 saturated carbocycles. The van der Waals surface area contributed by atoms with E-state index in [2.05, 4.69) is 15.9 Å². The Bertz CT molecular complexity index is 1040. The molecule has 146 valence electrons. The van der Waals surface area contributed by atoms with Crippen molar-refractivity contribution in [3.63, 3.8) is 0 Å². The molecule has 8 heteroatoms. The van der Waals surface area contributed by atoms with Gasteiger partial charge in [-0.3, -0.25) is 14.7 Å². The van der Waals surface area contributed by atoms with Crippen molar-refractivity contribution in [2.45, 2.75) is 26.9 Å². The van der Waals surface area contributed by atoms with Crippen LogP contribution in [0.4, 0.5) is 5.69 Å². The van der Waals surface area contributed by atoms with Crippen molar-refractivity contribution in [2.75, 3.05) is 6.61 Å². The Hall–Kier alpha value is -2.87. The number of ether oxygens (including phenoxy) is 2. The van der Waals surface area contributed by atoms with E-state index < -0.39 is 10.9 Å². The monoisotopic (exact) mass is 446 g/mol. The van der Waals surface area contributed by atoms with Crippen LogP contribution in [0.3, 0.4) is 0 Å². The van der Waals surface area contributed by atoms with E-state index in [9.17, 15) is 14.9 Å². The number of hydrogen-bond acceptors (Lipinski definition) is 5. The summed E-state index contributed by atoms with van der Waals surface area (Å²) >= 11 is 3.34. The zero-order chi connectivity index (χ0) is 20.4. The molecule has 0 N–H and O–H groups in total. The average molecular weight is 447 g/mol. The second-order valence-electron chi connectivity index (χ2n) is 6.33. The number of nitrogens with zero attached hydrogens (tertiary/aromatic N) is 2. The summed E-state index contributed by atoms with van der Waals surface area (Å²) in [5.41, 5.74) is 0.741. The lowest BCUT2D eigenvalue weighted by atomic mass is 10.2. The summed E-state index contributed by atoms with van der Waals surface area (Å²) < 4.78 is 13.0. The van der Waals surface area contributed by atoms with Crippen molar-refractivity contribution < 1.29 is 19.2 Å². The van der Waals surface area contributed by atoms with Gasteiger partial charge in [0.15, 0.2) is 0 Å². The summed E-state index contributed by atoms with van der Waals surface area (Å²) in [6.07, 6.45) is 0.0202. The van der Waals surface area contributed by atoms with E-state index in [4.69, 9.17) is 9.47 Å². The maximum Gasteiger partial charge on any atom is 0.362 e. The number of benzene rings is 2. The summed E-state index contributed by atoms with van der Waals surface area (Å²) in [5.74, 6) is -0.0748. The average Bonchev–Trinajstić information content (AvgIpc) is 2.96. The number of halogens is 1. The fraction of sp³-hybridized carbons (Fsp3) is 0.250. The topological polar surface area (TPSA) is 83.6 Å². The maximum absolute atomic E-state index is 12.6. The van der Waals surface area contributed by atoms with Gasteiger partial charge in [0.2, 0.25) is 5.69 Å². The van der Waals surface area contributed by atoms with Crippen LogP contribution in [0.15, 0.2) is 46.9 Å². The maximum atomic E-state index is 12.6. The third kappa shape index (κ3) is 3.73. The van der Waals surface area contributed by atoms with Crippen molar-refractivity contribution >= 4 is 38.5 Å². The summed E-state index contributed by atoms with van der Waals surface area (Å²) in [4.78, 5) is 23.9. The van der Waals surface area contributed by atoms with Gasteiger partial charge in [-0.25, -0.2) is 4.79 Å². The van der Waals surface area contributed by atoms with Gasteiger partial charge in [-0.2, -0.15) is 0 Å². The highest BCUT2D eigenvalue weighted by Gasteiger charge is 2.32. The van der Waals surface area contributed by atoms with Gasteiger partial charge in [0.1, 0.15) is 5.75 Å². The Morgan fingerprint density at radius 2 is 1.89 bits per heavy atom. The number of rotatable bonds is 6. The molecule has 0 aliphatic rings. The molecule has 3 aromatic rings. The smallest absolute Gasteiger partial charge is 0.362 e. The molecule has 7 nitrogen and oxygen atoms in total. The van der Waals surface area contributed by atoms with E-state index >= 15 is 0 Å². The molecule has 0 unspecified atom stereocenters. The Morgan fingerprint density at radius 1 is 1.21 bits per heavy atom. The Kier molecular flexibility index (Phi) is 5.69. The first-order chi connectivity index (χ1) is 13.3. The quantitative estimate of drug-likeness (QED) is 0.292. The number of aromatic nitrogens is 1. The molecule has 3 rings (SSSR count). The van der Waals surface area contributed by atoms with Gasteiger partial charge in [0.05, 0.1) is 28.5 Å². The lowest BCUT2D eigenvalue weighted by Crippen LogP contribution is -2.13. The van der Waals surface area contributed by atoms with E-state index in [-0.39, 0.29) is 24.1 Å². The van der Waals surface area contributed by atoms with Crippen molar-refractivity contribution in [1.82, 2.24) is 4.57 Å². The van der Waals surface area contributed by atoms with Crippen LogP contribution < -0.4 is 4.74 Å². The molecular weight excluding hydrogens is 428 g/mol. The summed E-state index contributed by atoms with van der Waals surface area (Å²) in [5, 5.41) is 12.2. The molecule has 0 amide bonds. The van der Waals surface area contributed by atoms with Crippen LogP contribution in [0, 0.1) is 10.1 Å². The SMILES string of the molecule is CCOC(=O)c1c([N+](=O)[O-])c2cc(Br)ccc2n1-c1ccc(OC(C)C)cc1. The third-order valence-corrected chi connectivity index (χ3v) is 4.51. The third-order valence-electron chi connectivity index (χ3n) is 4.02. The minimum Gasteiger partial charge on any atom is -0.491 e. The number of hydrogen-bond donors (Lipinski definition) is 0. The lowest BCUT2D eigenvalue weighted by Gasteiger charge is -2.12. The number of esters is 1. The molecule has 0 radical (unpaired) electrons. The van der Waals surface area contributed by atoms with Crippen LogP contribution in [0.5, 0.6) is 5.75 Å². The zero-order valence-corrected chi connectivity index (χ0v) is 17.2. The first-order valence-corrected chi connectivity index (χ1v) is 9.55. The normalized spacial score (nSPS) is 11.0. The Balaban J connectivity index is 2.29. The van der Waals surface area contributed by atoms with Crippen LogP contribution in [0.1, 0.15) is 31.3 Å². The largest absolute Gasteiger partial charge is 0.491 e. The Morgan fingerprint density at radius 3 is 2.46 bits per heavy atom. The van der Waals surface area contributed by atoms with Gasteiger partial charge in [-0.05, 0) is 63.2 Å². The second-order valence-corrected chi connectivity index (χ2v) is 7.25. The first-order valence-electron chi connectivity index (χ1n) is 8.76. The summed E-state index contributed by atoms with van der Waals surface area (Å²) in [6.45, 7) is 5.62. The van der Waals surface area contributed by atoms with Gasteiger partial charge < -0.3 is 9.47 Å². The molecular formula is C20H19BrN2O5. The molecule has 0 spiro atoms. The standard InChI is InChI=1S/C20H19BrN2O5/c1-4-27-20(24)19-18(23(25)26)16-11-13(21)5-10-17(16)22(19)14-6-8-15(9-7-14)28-12(2)3/h5-12H,4H2,1-3H3. The fourth-order valence-corrected chi connectivity index (χ4v) is 3.39. The molecule has 1 aromatic heterocycles. The van der Waals surface area contributed by atoms with E-state index in [1.807, 2.05) is 13.8 Å². The predicted molar refractivity (Wildman–Crippen MR) is 109 cm³/mol. The number of fused-ring (bicyclic) bond motifs is 1. The van der Waals surface area contributed by atoms with E-state index in [0.717, 1.165) is 0 Å². The molecule has 0 aliphatic heterocycles. The van der Waals surface area contributed by atoms with Crippen molar-refractivity contribution in [3.8, 4) is 11.4 Å². The lowest BCUT2D eigenvalue weighted by molar-refractivity contribution is -0.383. The second kappa shape index (κ2) is 8.02. The van der Waals surface area contributed by atoms with Gasteiger partial charge in [0.25, 0.3) is 0 Å². The molecule has 0 saturated heterocycles. The highest BCUT2D eigenvalue weighted by molar-refractivity contribution is 9.10. The summed E-state index contributed by atoms with van der Waals surface area (Å²) in [7, 11) is 0. The molecule has 1 heterocycles.